The molecule has 0 aliphatic carbocycles. The molecule has 1 aromatic carbocycles. The van der Waals surface area contributed by atoms with Gasteiger partial charge in [0.05, 0.1) is 29.6 Å². The molecule has 2 aliphatic rings. The molecule has 2 saturated heterocycles. The number of carbonyl (C=O) groups is 2. The van der Waals surface area contributed by atoms with Crippen LogP contribution in [0.15, 0.2) is 42.7 Å². The van der Waals surface area contributed by atoms with E-state index in [9.17, 15) is 9.59 Å². The second-order valence-electron chi connectivity index (χ2n) is 6.93. The van der Waals surface area contributed by atoms with Crippen LogP contribution in [0.25, 0.3) is 0 Å². The van der Waals surface area contributed by atoms with Crippen LogP contribution in [0.4, 0.5) is 5.69 Å². The third-order valence-corrected chi connectivity index (χ3v) is 5.16. The van der Waals surface area contributed by atoms with Crippen molar-refractivity contribution in [1.82, 2.24) is 15.1 Å². The van der Waals surface area contributed by atoms with Gasteiger partial charge in [-0.2, -0.15) is 15.5 Å². The molecule has 1 aromatic heterocycles. The third kappa shape index (κ3) is 2.80. The van der Waals surface area contributed by atoms with Crippen LogP contribution in [0.5, 0.6) is 0 Å². The van der Waals surface area contributed by atoms with E-state index in [1.807, 2.05) is 6.07 Å². The van der Waals surface area contributed by atoms with Crippen molar-refractivity contribution in [1.29, 1.82) is 5.26 Å². The van der Waals surface area contributed by atoms with Crippen LogP contribution < -0.4 is 4.90 Å². The van der Waals surface area contributed by atoms with Crippen molar-refractivity contribution >= 4 is 17.5 Å². The summed E-state index contributed by atoms with van der Waals surface area (Å²) in [5.74, 6) is -0.0332. The van der Waals surface area contributed by atoms with Gasteiger partial charge in [0.1, 0.15) is 0 Å². The van der Waals surface area contributed by atoms with Crippen LogP contribution in [0.2, 0.25) is 0 Å². The smallest absolute Gasteiger partial charge is 0.255 e. The predicted molar refractivity (Wildman–Crippen MR) is 93.1 cm³/mol. The molecule has 130 valence electrons. The highest BCUT2D eigenvalue weighted by atomic mass is 16.2. The standard InChI is InChI=1S/C19H17N5O2/c20-10-14-2-1-3-16(8-14)24-13-19(9-17(24)25)5-7-23(12-19)18(26)15-4-6-21-22-11-15/h1-4,6,8,11H,5,7,9,12-13H2. The van der Waals surface area contributed by atoms with E-state index in [2.05, 4.69) is 16.3 Å². The summed E-state index contributed by atoms with van der Waals surface area (Å²) in [5.41, 5.74) is 1.56. The maximum atomic E-state index is 12.6. The van der Waals surface area contributed by atoms with E-state index in [1.54, 1.807) is 34.1 Å². The van der Waals surface area contributed by atoms with Gasteiger partial charge < -0.3 is 9.80 Å². The number of hydrogen-bond donors (Lipinski definition) is 0. The average molecular weight is 347 g/mol. The number of anilines is 1. The van der Waals surface area contributed by atoms with Gasteiger partial charge in [-0.05, 0) is 30.7 Å². The quantitative estimate of drug-likeness (QED) is 0.823. The van der Waals surface area contributed by atoms with E-state index in [-0.39, 0.29) is 17.2 Å². The van der Waals surface area contributed by atoms with Crippen LogP contribution in [0.1, 0.15) is 28.8 Å². The van der Waals surface area contributed by atoms with E-state index in [1.165, 1.54) is 12.4 Å². The number of aromatic nitrogens is 2. The Bertz CT molecular complexity index is 908. The first kappa shape index (κ1) is 16.2. The lowest BCUT2D eigenvalue weighted by Gasteiger charge is -2.24. The number of nitriles is 1. The molecule has 1 unspecified atom stereocenters. The maximum absolute atomic E-state index is 12.6. The first-order chi connectivity index (χ1) is 12.6. The normalized spacial score (nSPS) is 22.0. The molecule has 4 rings (SSSR count). The minimum absolute atomic E-state index is 0.0416. The highest BCUT2D eigenvalue weighted by molar-refractivity contribution is 5.97. The van der Waals surface area contributed by atoms with Gasteiger partial charge in [-0.25, -0.2) is 0 Å². The number of carbonyl (C=O) groups excluding carboxylic acids is 2. The lowest BCUT2D eigenvalue weighted by atomic mass is 9.86. The van der Waals surface area contributed by atoms with Crippen molar-refractivity contribution in [3.8, 4) is 6.07 Å². The Kier molecular flexibility index (Phi) is 3.88. The average Bonchev–Trinajstić information content (AvgIpc) is 3.24. The largest absolute Gasteiger partial charge is 0.338 e. The molecule has 1 spiro atoms. The van der Waals surface area contributed by atoms with Crippen molar-refractivity contribution < 1.29 is 9.59 Å². The minimum atomic E-state index is -0.226. The molecule has 7 nitrogen and oxygen atoms in total. The van der Waals surface area contributed by atoms with Gasteiger partial charge in [0.15, 0.2) is 0 Å². The van der Waals surface area contributed by atoms with Gasteiger partial charge in [0, 0.05) is 37.2 Å². The maximum Gasteiger partial charge on any atom is 0.255 e. The second-order valence-corrected chi connectivity index (χ2v) is 6.93. The molecular weight excluding hydrogens is 330 g/mol. The molecule has 26 heavy (non-hydrogen) atoms. The summed E-state index contributed by atoms with van der Waals surface area (Å²) in [6.07, 6.45) is 4.18. The van der Waals surface area contributed by atoms with Crippen molar-refractivity contribution in [2.75, 3.05) is 24.5 Å². The van der Waals surface area contributed by atoms with Crippen LogP contribution in [-0.4, -0.2) is 46.5 Å². The van der Waals surface area contributed by atoms with Crippen molar-refractivity contribution in [2.24, 2.45) is 5.41 Å². The molecule has 0 radical (unpaired) electrons. The summed E-state index contributed by atoms with van der Waals surface area (Å²) < 4.78 is 0. The summed E-state index contributed by atoms with van der Waals surface area (Å²) >= 11 is 0. The number of likely N-dealkylation sites (tertiary alicyclic amines) is 1. The van der Waals surface area contributed by atoms with Crippen molar-refractivity contribution in [2.45, 2.75) is 12.8 Å². The molecule has 2 amide bonds. The number of nitrogens with zero attached hydrogens (tertiary/aromatic N) is 5. The first-order valence-electron chi connectivity index (χ1n) is 8.47. The Morgan fingerprint density at radius 1 is 1.23 bits per heavy atom. The number of benzene rings is 1. The van der Waals surface area contributed by atoms with E-state index in [0.717, 1.165) is 12.1 Å². The fourth-order valence-electron chi connectivity index (χ4n) is 3.86. The summed E-state index contributed by atoms with van der Waals surface area (Å²) in [4.78, 5) is 28.8. The lowest BCUT2D eigenvalue weighted by molar-refractivity contribution is -0.117. The molecule has 0 saturated carbocycles. The van der Waals surface area contributed by atoms with Gasteiger partial charge in [0.25, 0.3) is 5.91 Å². The van der Waals surface area contributed by atoms with Crippen LogP contribution >= 0.6 is 0 Å². The molecular formula is C19H17N5O2. The highest BCUT2D eigenvalue weighted by Crippen LogP contribution is 2.42. The van der Waals surface area contributed by atoms with Crippen LogP contribution in [-0.2, 0) is 4.79 Å². The topological polar surface area (TPSA) is 90.2 Å². The molecule has 7 heteroatoms. The number of amides is 2. The third-order valence-electron chi connectivity index (χ3n) is 5.16. The highest BCUT2D eigenvalue weighted by Gasteiger charge is 2.48. The molecule has 1 atom stereocenters. The number of rotatable bonds is 2. The molecule has 0 N–H and O–H groups in total. The Labute approximate surface area is 150 Å². The zero-order valence-electron chi connectivity index (χ0n) is 14.1. The Hall–Kier alpha value is -3.27. The van der Waals surface area contributed by atoms with Crippen LogP contribution in [0, 0.1) is 16.7 Å². The van der Waals surface area contributed by atoms with Gasteiger partial charge in [-0.1, -0.05) is 6.07 Å². The summed E-state index contributed by atoms with van der Waals surface area (Å²) in [7, 11) is 0. The zero-order valence-corrected chi connectivity index (χ0v) is 14.1. The number of hydrogen-bond acceptors (Lipinski definition) is 5. The monoisotopic (exact) mass is 347 g/mol. The SMILES string of the molecule is N#Cc1cccc(N2CC3(CCN(C(=O)c4ccnnc4)C3)CC2=O)c1. The molecule has 2 aliphatic heterocycles. The fraction of sp³-hybridized carbons (Fsp3) is 0.316. The first-order valence-corrected chi connectivity index (χ1v) is 8.47. The molecule has 0 bridgehead atoms. The van der Waals surface area contributed by atoms with E-state index >= 15 is 0 Å². The summed E-state index contributed by atoms with van der Waals surface area (Å²) in [5, 5.41) is 16.5. The van der Waals surface area contributed by atoms with Gasteiger partial charge in [0.2, 0.25) is 5.91 Å². The molecule has 3 heterocycles. The lowest BCUT2D eigenvalue weighted by Crippen LogP contribution is -2.34. The predicted octanol–water partition coefficient (Wildman–Crippen LogP) is 1.62. The molecule has 2 fully saturated rings. The Morgan fingerprint density at radius 2 is 2.12 bits per heavy atom. The molecule has 2 aromatic rings. The van der Waals surface area contributed by atoms with Gasteiger partial charge in [-0.15, -0.1) is 0 Å². The Balaban J connectivity index is 1.52. The summed E-state index contributed by atoms with van der Waals surface area (Å²) in [6.45, 7) is 1.74. The second kappa shape index (κ2) is 6.23. The van der Waals surface area contributed by atoms with Crippen molar-refractivity contribution in [3.63, 3.8) is 0 Å². The van der Waals surface area contributed by atoms with Gasteiger partial charge in [-0.3, -0.25) is 9.59 Å². The zero-order chi connectivity index (χ0) is 18.1. The van der Waals surface area contributed by atoms with Crippen molar-refractivity contribution in [3.05, 3.63) is 53.9 Å². The Morgan fingerprint density at radius 3 is 2.88 bits per heavy atom. The van der Waals surface area contributed by atoms with E-state index in [0.29, 0.717) is 37.2 Å². The van der Waals surface area contributed by atoms with Crippen LogP contribution in [0.3, 0.4) is 0 Å². The fourth-order valence-corrected chi connectivity index (χ4v) is 3.86. The minimum Gasteiger partial charge on any atom is -0.338 e. The van der Waals surface area contributed by atoms with E-state index < -0.39 is 0 Å². The van der Waals surface area contributed by atoms with E-state index in [4.69, 9.17) is 5.26 Å². The van der Waals surface area contributed by atoms with Gasteiger partial charge >= 0.3 is 0 Å². The summed E-state index contributed by atoms with van der Waals surface area (Å²) in [6, 6.07) is 10.8.